The molecule has 0 spiro atoms. The highest BCUT2D eigenvalue weighted by molar-refractivity contribution is 6.08. The first-order valence-electron chi connectivity index (χ1n) is 6.22. The second-order valence-electron chi connectivity index (χ2n) is 4.86. The summed E-state index contributed by atoms with van der Waals surface area (Å²) in [7, 11) is 0. The first kappa shape index (κ1) is 13.1. The van der Waals surface area contributed by atoms with Crippen molar-refractivity contribution in [2.45, 2.75) is 20.8 Å². The van der Waals surface area contributed by atoms with Crippen LogP contribution in [-0.2, 0) is 0 Å². The van der Waals surface area contributed by atoms with E-state index in [-0.39, 0.29) is 5.91 Å². The lowest BCUT2D eigenvalue weighted by Gasteiger charge is -2.11. The van der Waals surface area contributed by atoms with Crippen LogP contribution in [0, 0.1) is 20.8 Å². The van der Waals surface area contributed by atoms with Gasteiger partial charge in [-0.05, 0) is 55.7 Å². The van der Waals surface area contributed by atoms with E-state index in [9.17, 15) is 4.79 Å². The summed E-state index contributed by atoms with van der Waals surface area (Å²) in [6, 6.07) is 11.4. The third-order valence-electron chi connectivity index (χ3n) is 3.09. The van der Waals surface area contributed by atoms with Gasteiger partial charge in [-0.25, -0.2) is 0 Å². The predicted octanol–water partition coefficient (Wildman–Crippen LogP) is 3.45. The van der Waals surface area contributed by atoms with Crippen LogP contribution in [0.1, 0.15) is 27.0 Å². The molecule has 0 saturated heterocycles. The zero-order valence-electron chi connectivity index (χ0n) is 11.4. The van der Waals surface area contributed by atoms with E-state index in [2.05, 4.69) is 5.32 Å². The molecule has 0 heterocycles. The van der Waals surface area contributed by atoms with E-state index >= 15 is 0 Å². The summed E-state index contributed by atoms with van der Waals surface area (Å²) >= 11 is 0. The van der Waals surface area contributed by atoms with Crippen molar-refractivity contribution in [2.24, 2.45) is 0 Å². The second kappa shape index (κ2) is 5.14. The number of aryl methyl sites for hydroxylation is 3. The van der Waals surface area contributed by atoms with Gasteiger partial charge in [0.05, 0.1) is 5.56 Å². The molecule has 2 aromatic carbocycles. The normalized spacial score (nSPS) is 10.3. The first-order chi connectivity index (χ1) is 8.97. The molecule has 0 aliphatic rings. The molecule has 3 heteroatoms. The number of hydrogen-bond donors (Lipinski definition) is 2. The van der Waals surface area contributed by atoms with Crippen LogP contribution in [0.2, 0.25) is 0 Å². The lowest BCUT2D eigenvalue weighted by molar-refractivity contribution is 0.102. The van der Waals surface area contributed by atoms with Gasteiger partial charge in [0, 0.05) is 11.4 Å². The summed E-state index contributed by atoms with van der Waals surface area (Å²) in [5.41, 5.74) is 10.9. The maximum atomic E-state index is 12.2. The van der Waals surface area contributed by atoms with Crippen LogP contribution in [-0.4, -0.2) is 5.91 Å². The number of rotatable bonds is 2. The number of amides is 1. The SMILES string of the molecule is Cc1ccc(C(=O)Nc2cc(C)ccc2C)c(N)c1. The molecular weight excluding hydrogens is 236 g/mol. The molecular formula is C16H18N2O. The van der Waals surface area contributed by atoms with Crippen molar-refractivity contribution in [2.75, 3.05) is 11.1 Å². The minimum Gasteiger partial charge on any atom is -0.398 e. The molecule has 2 rings (SSSR count). The lowest BCUT2D eigenvalue weighted by atomic mass is 10.1. The molecule has 0 saturated carbocycles. The van der Waals surface area contributed by atoms with Gasteiger partial charge in [0.15, 0.2) is 0 Å². The predicted molar refractivity (Wildman–Crippen MR) is 79.5 cm³/mol. The van der Waals surface area contributed by atoms with E-state index in [1.807, 2.05) is 45.0 Å². The minimum atomic E-state index is -0.175. The summed E-state index contributed by atoms with van der Waals surface area (Å²) in [5.74, 6) is -0.175. The quantitative estimate of drug-likeness (QED) is 0.806. The summed E-state index contributed by atoms with van der Waals surface area (Å²) in [5, 5.41) is 2.91. The Bertz CT molecular complexity index is 633. The third kappa shape index (κ3) is 2.94. The van der Waals surface area contributed by atoms with Gasteiger partial charge in [0.2, 0.25) is 0 Å². The van der Waals surface area contributed by atoms with E-state index in [1.54, 1.807) is 12.1 Å². The van der Waals surface area contributed by atoms with Crippen LogP contribution in [0.25, 0.3) is 0 Å². The van der Waals surface area contributed by atoms with Crippen molar-refractivity contribution in [1.29, 1.82) is 0 Å². The number of carbonyl (C=O) groups is 1. The van der Waals surface area contributed by atoms with E-state index in [0.29, 0.717) is 11.3 Å². The van der Waals surface area contributed by atoms with Crippen molar-refractivity contribution in [3.05, 3.63) is 58.7 Å². The standard InChI is InChI=1S/C16H18N2O/c1-10-5-7-13(14(17)8-10)16(19)18-15-9-11(2)4-6-12(15)3/h4-9H,17H2,1-3H3,(H,18,19). The van der Waals surface area contributed by atoms with Crippen LogP contribution in [0.3, 0.4) is 0 Å². The molecule has 0 fully saturated rings. The number of nitrogen functional groups attached to an aromatic ring is 1. The summed E-state index contributed by atoms with van der Waals surface area (Å²) in [4.78, 5) is 12.2. The Morgan fingerprint density at radius 2 is 1.63 bits per heavy atom. The van der Waals surface area contributed by atoms with E-state index < -0.39 is 0 Å². The van der Waals surface area contributed by atoms with Crippen LogP contribution < -0.4 is 11.1 Å². The van der Waals surface area contributed by atoms with Crippen molar-refractivity contribution < 1.29 is 4.79 Å². The van der Waals surface area contributed by atoms with E-state index in [0.717, 1.165) is 22.4 Å². The Kier molecular flexibility index (Phi) is 3.56. The first-order valence-corrected chi connectivity index (χ1v) is 6.22. The van der Waals surface area contributed by atoms with Gasteiger partial charge in [0.1, 0.15) is 0 Å². The number of nitrogens with two attached hydrogens (primary N) is 1. The zero-order chi connectivity index (χ0) is 14.0. The summed E-state index contributed by atoms with van der Waals surface area (Å²) < 4.78 is 0. The Morgan fingerprint density at radius 3 is 2.32 bits per heavy atom. The van der Waals surface area contributed by atoms with Crippen LogP contribution in [0.15, 0.2) is 36.4 Å². The molecule has 2 aromatic rings. The average molecular weight is 254 g/mol. The van der Waals surface area contributed by atoms with Crippen LogP contribution in [0.4, 0.5) is 11.4 Å². The fourth-order valence-electron chi connectivity index (χ4n) is 1.95. The average Bonchev–Trinajstić information content (AvgIpc) is 2.33. The van der Waals surface area contributed by atoms with Crippen molar-refractivity contribution >= 4 is 17.3 Å². The van der Waals surface area contributed by atoms with Crippen molar-refractivity contribution in [3.8, 4) is 0 Å². The van der Waals surface area contributed by atoms with E-state index in [1.165, 1.54) is 0 Å². The Hall–Kier alpha value is -2.29. The Balaban J connectivity index is 2.28. The fourth-order valence-corrected chi connectivity index (χ4v) is 1.95. The van der Waals surface area contributed by atoms with Crippen LogP contribution in [0.5, 0.6) is 0 Å². The monoisotopic (exact) mass is 254 g/mol. The number of anilines is 2. The number of carbonyl (C=O) groups excluding carboxylic acids is 1. The molecule has 0 atom stereocenters. The van der Waals surface area contributed by atoms with Gasteiger partial charge >= 0.3 is 0 Å². The number of hydrogen-bond acceptors (Lipinski definition) is 2. The van der Waals surface area contributed by atoms with Crippen LogP contribution >= 0.6 is 0 Å². The highest BCUT2D eigenvalue weighted by Gasteiger charge is 2.11. The second-order valence-corrected chi connectivity index (χ2v) is 4.86. The molecule has 0 unspecified atom stereocenters. The molecule has 0 radical (unpaired) electrons. The highest BCUT2D eigenvalue weighted by Crippen LogP contribution is 2.20. The van der Waals surface area contributed by atoms with Gasteiger partial charge in [-0.15, -0.1) is 0 Å². The molecule has 3 nitrogen and oxygen atoms in total. The minimum absolute atomic E-state index is 0.175. The van der Waals surface area contributed by atoms with Gasteiger partial charge < -0.3 is 11.1 Å². The third-order valence-corrected chi connectivity index (χ3v) is 3.09. The summed E-state index contributed by atoms with van der Waals surface area (Å²) in [6.45, 7) is 5.91. The summed E-state index contributed by atoms with van der Waals surface area (Å²) in [6.07, 6.45) is 0. The topological polar surface area (TPSA) is 55.1 Å². The molecule has 1 amide bonds. The molecule has 3 N–H and O–H groups in total. The largest absolute Gasteiger partial charge is 0.398 e. The van der Waals surface area contributed by atoms with Gasteiger partial charge in [0.25, 0.3) is 5.91 Å². The Morgan fingerprint density at radius 1 is 1.00 bits per heavy atom. The molecule has 0 aliphatic heterocycles. The number of nitrogens with one attached hydrogen (secondary N) is 1. The number of benzene rings is 2. The molecule has 0 aromatic heterocycles. The Labute approximate surface area is 113 Å². The highest BCUT2D eigenvalue weighted by atomic mass is 16.1. The van der Waals surface area contributed by atoms with Gasteiger partial charge in [-0.1, -0.05) is 18.2 Å². The molecule has 0 aliphatic carbocycles. The smallest absolute Gasteiger partial charge is 0.257 e. The molecule has 98 valence electrons. The fraction of sp³-hybridized carbons (Fsp3) is 0.188. The molecule has 19 heavy (non-hydrogen) atoms. The van der Waals surface area contributed by atoms with Gasteiger partial charge in [-0.2, -0.15) is 0 Å². The maximum Gasteiger partial charge on any atom is 0.257 e. The van der Waals surface area contributed by atoms with E-state index in [4.69, 9.17) is 5.73 Å². The zero-order valence-corrected chi connectivity index (χ0v) is 11.4. The van der Waals surface area contributed by atoms with Crippen molar-refractivity contribution in [1.82, 2.24) is 0 Å². The van der Waals surface area contributed by atoms with Gasteiger partial charge in [-0.3, -0.25) is 4.79 Å². The lowest BCUT2D eigenvalue weighted by Crippen LogP contribution is -2.15. The van der Waals surface area contributed by atoms with Crippen molar-refractivity contribution in [3.63, 3.8) is 0 Å². The maximum absolute atomic E-state index is 12.2. The molecule has 0 bridgehead atoms.